The number of carbonyl (C=O) groups excluding carboxylic acids is 1. The van der Waals surface area contributed by atoms with E-state index >= 15 is 0 Å². The molecule has 1 amide bonds. The molecule has 0 aromatic heterocycles. The second-order valence-electron chi connectivity index (χ2n) is 3.69. The fourth-order valence-electron chi connectivity index (χ4n) is 1.53. The highest BCUT2D eigenvalue weighted by Gasteiger charge is 2.17. The lowest BCUT2D eigenvalue weighted by atomic mass is 10.1. The van der Waals surface area contributed by atoms with Gasteiger partial charge in [0.05, 0.1) is 27.8 Å². The molecule has 1 rings (SSSR count). The summed E-state index contributed by atoms with van der Waals surface area (Å²) in [4.78, 5) is 11.7. The number of amides is 1. The minimum absolute atomic E-state index is 0.101. The quantitative estimate of drug-likeness (QED) is 0.473. The van der Waals surface area contributed by atoms with E-state index in [0.717, 1.165) is 5.01 Å². The lowest BCUT2D eigenvalue weighted by Crippen LogP contribution is -2.34. The van der Waals surface area contributed by atoms with Gasteiger partial charge in [0.2, 0.25) is 5.91 Å². The second-order valence-corrected chi connectivity index (χ2v) is 3.69. The topological polar surface area (TPSA) is 74.0 Å². The van der Waals surface area contributed by atoms with Crippen molar-refractivity contribution in [3.8, 4) is 17.2 Å². The molecule has 0 atom stereocenters. The molecule has 0 saturated carbocycles. The summed E-state index contributed by atoms with van der Waals surface area (Å²) in [6, 6.07) is 3.39. The van der Waals surface area contributed by atoms with Crippen LogP contribution in [0, 0.1) is 0 Å². The number of ether oxygens (including phenoxy) is 3. The number of nitrogens with two attached hydrogens (primary N) is 1. The molecule has 0 aliphatic rings. The van der Waals surface area contributed by atoms with Crippen LogP contribution in [0.15, 0.2) is 12.1 Å². The Morgan fingerprint density at radius 3 is 2.00 bits per heavy atom. The number of methoxy groups -OCH3 is 3. The molecule has 1 aromatic carbocycles. The van der Waals surface area contributed by atoms with Crippen molar-refractivity contribution >= 4 is 5.91 Å². The number of rotatable bonds is 5. The number of hydrogen-bond donors (Lipinski definition) is 1. The average Bonchev–Trinajstić information content (AvgIpc) is 2.38. The van der Waals surface area contributed by atoms with Gasteiger partial charge in [-0.25, -0.2) is 5.84 Å². The van der Waals surface area contributed by atoms with E-state index in [4.69, 9.17) is 20.1 Å². The van der Waals surface area contributed by atoms with Crippen molar-refractivity contribution in [2.75, 3.05) is 28.4 Å². The number of carbonyl (C=O) groups is 1. The molecule has 0 radical (unpaired) electrons. The predicted octanol–water partition coefficient (Wildman–Crippen LogP) is 0.587. The summed E-state index contributed by atoms with van der Waals surface area (Å²) in [6.07, 6.45) is 0.101. The van der Waals surface area contributed by atoms with E-state index in [2.05, 4.69) is 0 Å². The highest BCUT2D eigenvalue weighted by Crippen LogP contribution is 2.34. The Labute approximate surface area is 106 Å². The maximum Gasteiger partial charge on any atom is 0.240 e. The number of benzene rings is 1. The van der Waals surface area contributed by atoms with Crippen LogP contribution in [0.25, 0.3) is 0 Å². The first-order chi connectivity index (χ1) is 8.53. The molecule has 2 N–H and O–H groups in total. The first kappa shape index (κ1) is 14.1. The highest BCUT2D eigenvalue weighted by atomic mass is 16.5. The third kappa shape index (κ3) is 3.04. The Hall–Kier alpha value is -1.95. The van der Waals surface area contributed by atoms with E-state index in [1.165, 1.54) is 21.3 Å². The fraction of sp³-hybridized carbons (Fsp3) is 0.417. The van der Waals surface area contributed by atoms with Crippen LogP contribution < -0.4 is 20.1 Å². The van der Waals surface area contributed by atoms with E-state index in [0.29, 0.717) is 22.8 Å². The van der Waals surface area contributed by atoms with E-state index in [9.17, 15) is 4.79 Å². The minimum Gasteiger partial charge on any atom is -0.496 e. The average molecular weight is 254 g/mol. The maximum atomic E-state index is 11.7. The summed E-state index contributed by atoms with van der Waals surface area (Å²) in [5, 5.41) is 1.03. The monoisotopic (exact) mass is 254 g/mol. The summed E-state index contributed by atoms with van der Waals surface area (Å²) in [5.41, 5.74) is 0.642. The molecule has 0 bridgehead atoms. The highest BCUT2D eigenvalue weighted by molar-refractivity contribution is 5.80. The van der Waals surface area contributed by atoms with Gasteiger partial charge in [0.1, 0.15) is 17.2 Å². The molecule has 6 heteroatoms. The largest absolute Gasteiger partial charge is 0.496 e. The Kier molecular flexibility index (Phi) is 4.79. The minimum atomic E-state index is -0.239. The second kappa shape index (κ2) is 6.11. The van der Waals surface area contributed by atoms with Gasteiger partial charge in [-0.15, -0.1) is 0 Å². The van der Waals surface area contributed by atoms with Crippen molar-refractivity contribution in [1.29, 1.82) is 0 Å². The first-order valence-corrected chi connectivity index (χ1v) is 5.33. The molecule has 0 heterocycles. The zero-order chi connectivity index (χ0) is 13.7. The first-order valence-electron chi connectivity index (χ1n) is 5.33. The van der Waals surface area contributed by atoms with Crippen molar-refractivity contribution in [2.45, 2.75) is 6.42 Å². The number of likely N-dealkylation sites (N-methyl/N-ethyl adjacent to an activating group) is 1. The van der Waals surface area contributed by atoms with Gasteiger partial charge in [-0.05, 0) is 0 Å². The van der Waals surface area contributed by atoms with E-state index in [1.54, 1.807) is 19.2 Å². The number of hydrazine groups is 1. The molecule has 6 nitrogen and oxygen atoms in total. The molecular formula is C12H18N2O4. The van der Waals surface area contributed by atoms with Crippen LogP contribution in [0.1, 0.15) is 5.56 Å². The zero-order valence-electron chi connectivity index (χ0n) is 11.0. The van der Waals surface area contributed by atoms with Crippen molar-refractivity contribution in [3.05, 3.63) is 17.7 Å². The molecule has 0 fully saturated rings. The van der Waals surface area contributed by atoms with Crippen molar-refractivity contribution < 1.29 is 19.0 Å². The van der Waals surface area contributed by atoms with Crippen molar-refractivity contribution in [1.82, 2.24) is 5.01 Å². The van der Waals surface area contributed by atoms with Crippen LogP contribution in [-0.4, -0.2) is 39.3 Å². The molecular weight excluding hydrogens is 236 g/mol. The molecule has 0 aliphatic carbocycles. The Bertz CT molecular complexity index is 407. The molecule has 0 unspecified atom stereocenters. The van der Waals surface area contributed by atoms with Gasteiger partial charge in [-0.2, -0.15) is 0 Å². The lowest BCUT2D eigenvalue weighted by Gasteiger charge is -2.16. The summed E-state index contributed by atoms with van der Waals surface area (Å²) < 4.78 is 15.6. The molecule has 18 heavy (non-hydrogen) atoms. The van der Waals surface area contributed by atoms with Crippen LogP contribution in [0.2, 0.25) is 0 Å². The zero-order valence-corrected chi connectivity index (χ0v) is 11.0. The van der Waals surface area contributed by atoms with Gasteiger partial charge in [-0.1, -0.05) is 0 Å². The normalized spacial score (nSPS) is 9.83. The fourth-order valence-corrected chi connectivity index (χ4v) is 1.53. The standard InChI is InChI=1S/C12H18N2O4/c1-14(13)12(15)7-9-10(17-3)5-8(16-2)6-11(9)18-4/h5-6H,7,13H2,1-4H3. The molecule has 0 spiro atoms. The molecule has 1 aromatic rings. The predicted molar refractivity (Wildman–Crippen MR) is 66.8 cm³/mol. The summed E-state index contributed by atoms with van der Waals surface area (Å²) in [6.45, 7) is 0. The smallest absolute Gasteiger partial charge is 0.240 e. The van der Waals surface area contributed by atoms with Crippen LogP contribution in [0.4, 0.5) is 0 Å². The lowest BCUT2D eigenvalue weighted by molar-refractivity contribution is -0.129. The van der Waals surface area contributed by atoms with E-state index < -0.39 is 0 Å². The summed E-state index contributed by atoms with van der Waals surface area (Å²) in [5.74, 6) is 6.82. The van der Waals surface area contributed by atoms with Gasteiger partial charge in [0.25, 0.3) is 0 Å². The van der Waals surface area contributed by atoms with Gasteiger partial charge in [0, 0.05) is 24.7 Å². The molecule has 100 valence electrons. The van der Waals surface area contributed by atoms with E-state index in [-0.39, 0.29) is 12.3 Å². The third-order valence-corrected chi connectivity index (χ3v) is 2.54. The van der Waals surface area contributed by atoms with Crippen molar-refractivity contribution in [3.63, 3.8) is 0 Å². The van der Waals surface area contributed by atoms with Gasteiger partial charge in [0.15, 0.2) is 0 Å². The van der Waals surface area contributed by atoms with Crippen LogP contribution in [0.5, 0.6) is 17.2 Å². The van der Waals surface area contributed by atoms with Crippen LogP contribution in [-0.2, 0) is 11.2 Å². The Morgan fingerprint density at radius 1 is 1.17 bits per heavy atom. The number of hydrogen-bond acceptors (Lipinski definition) is 5. The van der Waals surface area contributed by atoms with Gasteiger partial charge < -0.3 is 14.2 Å². The van der Waals surface area contributed by atoms with E-state index in [1.807, 2.05) is 0 Å². The van der Waals surface area contributed by atoms with Crippen LogP contribution in [0.3, 0.4) is 0 Å². The summed E-state index contributed by atoms with van der Waals surface area (Å²) in [7, 11) is 6.08. The van der Waals surface area contributed by atoms with Crippen molar-refractivity contribution in [2.24, 2.45) is 5.84 Å². The van der Waals surface area contributed by atoms with Crippen LogP contribution >= 0.6 is 0 Å². The molecule has 0 saturated heterocycles. The Balaban J connectivity index is 3.18. The Morgan fingerprint density at radius 2 is 1.67 bits per heavy atom. The van der Waals surface area contributed by atoms with Gasteiger partial charge in [-0.3, -0.25) is 9.80 Å². The third-order valence-electron chi connectivity index (χ3n) is 2.54. The molecule has 0 aliphatic heterocycles. The maximum absolute atomic E-state index is 11.7. The SMILES string of the molecule is COc1cc(OC)c(CC(=O)N(C)N)c(OC)c1. The number of nitrogens with zero attached hydrogens (tertiary/aromatic N) is 1. The summed E-state index contributed by atoms with van der Waals surface area (Å²) >= 11 is 0. The van der Waals surface area contributed by atoms with Gasteiger partial charge >= 0.3 is 0 Å².